The molecule has 4 rings (SSSR count). The van der Waals surface area contributed by atoms with Crippen molar-refractivity contribution in [3.05, 3.63) is 35.9 Å². The van der Waals surface area contributed by atoms with Crippen LogP contribution in [0.15, 0.2) is 30.3 Å². The number of carbonyl (C=O) groups is 2. The van der Waals surface area contributed by atoms with Crippen LogP contribution in [0.4, 0.5) is 0 Å². The minimum Gasteiger partial charge on any atom is -0.378 e. The monoisotopic (exact) mass is 415 g/mol. The second-order valence-corrected chi connectivity index (χ2v) is 8.51. The zero-order valence-corrected chi connectivity index (χ0v) is 17.9. The van der Waals surface area contributed by atoms with E-state index in [1.165, 1.54) is 30.6 Å². The Bertz CT molecular complexity index is 716. The first-order chi connectivity index (χ1) is 14.6. The van der Waals surface area contributed by atoms with E-state index >= 15 is 0 Å². The van der Waals surface area contributed by atoms with E-state index in [9.17, 15) is 9.59 Å². The number of benzene rings is 1. The highest BCUT2D eigenvalue weighted by atomic mass is 16.5. The fourth-order valence-electron chi connectivity index (χ4n) is 4.97. The van der Waals surface area contributed by atoms with Gasteiger partial charge in [0.2, 0.25) is 5.91 Å². The Morgan fingerprint density at radius 1 is 1.03 bits per heavy atom. The van der Waals surface area contributed by atoms with Gasteiger partial charge in [0.1, 0.15) is 0 Å². The van der Waals surface area contributed by atoms with Gasteiger partial charge in [-0.1, -0.05) is 43.2 Å². The van der Waals surface area contributed by atoms with Gasteiger partial charge in [-0.05, 0) is 18.4 Å². The number of hydrogen-bond donors (Lipinski definition) is 0. The van der Waals surface area contributed by atoms with Crippen LogP contribution in [-0.4, -0.2) is 91.7 Å². The summed E-state index contributed by atoms with van der Waals surface area (Å²) < 4.78 is 11.4. The molecule has 3 aliphatic rings. The van der Waals surface area contributed by atoms with Crippen molar-refractivity contribution in [2.45, 2.75) is 43.9 Å². The highest BCUT2D eigenvalue weighted by molar-refractivity contribution is 5.87. The fourth-order valence-corrected chi connectivity index (χ4v) is 4.97. The van der Waals surface area contributed by atoms with Crippen LogP contribution in [0.5, 0.6) is 0 Å². The molecule has 0 aromatic heterocycles. The van der Waals surface area contributed by atoms with Gasteiger partial charge in [-0.15, -0.1) is 0 Å². The summed E-state index contributed by atoms with van der Waals surface area (Å²) >= 11 is 0. The van der Waals surface area contributed by atoms with Gasteiger partial charge in [-0.3, -0.25) is 14.5 Å². The lowest BCUT2D eigenvalue weighted by molar-refractivity contribution is -0.160. The lowest BCUT2D eigenvalue weighted by atomic mass is 9.95. The second-order valence-electron chi connectivity index (χ2n) is 8.51. The molecular formula is C23H33N3O4. The number of amides is 2. The summed E-state index contributed by atoms with van der Waals surface area (Å²) in [5.74, 6) is -0.151. The Balaban J connectivity index is 1.50. The van der Waals surface area contributed by atoms with Gasteiger partial charge in [0.25, 0.3) is 5.91 Å². The van der Waals surface area contributed by atoms with E-state index in [1.807, 2.05) is 18.2 Å². The summed E-state index contributed by atoms with van der Waals surface area (Å²) in [5.41, 5.74) is 1.11. The molecule has 0 N–H and O–H groups in total. The molecule has 1 aromatic rings. The lowest BCUT2D eigenvalue weighted by Crippen LogP contribution is -2.55. The van der Waals surface area contributed by atoms with E-state index in [0.717, 1.165) is 12.1 Å². The molecule has 1 aromatic carbocycles. The quantitative estimate of drug-likeness (QED) is 0.732. The molecule has 0 spiro atoms. The number of hydrogen-bond acceptors (Lipinski definition) is 5. The third kappa shape index (κ3) is 4.68. The van der Waals surface area contributed by atoms with Gasteiger partial charge in [0, 0.05) is 32.7 Å². The van der Waals surface area contributed by atoms with E-state index in [-0.39, 0.29) is 24.4 Å². The molecule has 2 saturated heterocycles. The molecule has 2 atom stereocenters. The largest absolute Gasteiger partial charge is 0.378 e. The SMILES string of the molecule is CN(CC(=O)N1CCOCC1)C(=O)[C@@H]1OCCN(C2CCCC2)[C@H]1c1ccccc1. The van der Waals surface area contributed by atoms with Gasteiger partial charge in [0.05, 0.1) is 32.4 Å². The van der Waals surface area contributed by atoms with Crippen LogP contribution < -0.4 is 0 Å². The minimum absolute atomic E-state index is 0.0335. The molecule has 2 amide bonds. The van der Waals surface area contributed by atoms with Crippen molar-refractivity contribution in [2.24, 2.45) is 0 Å². The Kier molecular flexibility index (Phi) is 7.02. The average molecular weight is 416 g/mol. The van der Waals surface area contributed by atoms with Crippen molar-refractivity contribution in [1.29, 1.82) is 0 Å². The summed E-state index contributed by atoms with van der Waals surface area (Å²) in [6.45, 7) is 3.74. The number of likely N-dealkylation sites (N-methyl/N-ethyl adjacent to an activating group) is 1. The first kappa shape index (κ1) is 21.3. The number of ether oxygens (including phenoxy) is 2. The summed E-state index contributed by atoms with van der Waals surface area (Å²) in [7, 11) is 1.71. The average Bonchev–Trinajstić information content (AvgIpc) is 3.34. The van der Waals surface area contributed by atoms with Gasteiger partial charge in [-0.2, -0.15) is 0 Å². The lowest BCUT2D eigenvalue weighted by Gasteiger charge is -2.44. The molecule has 0 unspecified atom stereocenters. The molecule has 7 nitrogen and oxygen atoms in total. The maximum absolute atomic E-state index is 13.4. The predicted molar refractivity (Wildman–Crippen MR) is 113 cm³/mol. The van der Waals surface area contributed by atoms with Crippen LogP contribution in [0.3, 0.4) is 0 Å². The first-order valence-electron chi connectivity index (χ1n) is 11.2. The van der Waals surface area contributed by atoms with Crippen molar-refractivity contribution < 1.29 is 19.1 Å². The zero-order chi connectivity index (χ0) is 20.9. The fraction of sp³-hybridized carbons (Fsp3) is 0.652. The molecule has 2 aliphatic heterocycles. The highest BCUT2D eigenvalue weighted by Crippen LogP contribution is 2.36. The normalized spacial score (nSPS) is 26.0. The molecule has 0 radical (unpaired) electrons. The number of nitrogens with zero attached hydrogens (tertiary/aromatic N) is 3. The maximum Gasteiger partial charge on any atom is 0.253 e. The molecule has 3 fully saturated rings. The maximum atomic E-state index is 13.4. The van der Waals surface area contributed by atoms with Gasteiger partial charge in [0.15, 0.2) is 6.10 Å². The van der Waals surface area contributed by atoms with E-state index in [2.05, 4.69) is 17.0 Å². The van der Waals surface area contributed by atoms with E-state index in [1.54, 1.807) is 11.9 Å². The van der Waals surface area contributed by atoms with E-state index in [4.69, 9.17) is 9.47 Å². The summed E-state index contributed by atoms with van der Waals surface area (Å²) in [4.78, 5) is 31.9. The summed E-state index contributed by atoms with van der Waals surface area (Å²) in [6, 6.07) is 10.6. The molecule has 1 aliphatic carbocycles. The number of rotatable bonds is 5. The zero-order valence-electron chi connectivity index (χ0n) is 17.9. The second kappa shape index (κ2) is 9.90. The van der Waals surface area contributed by atoms with E-state index < -0.39 is 6.10 Å². The van der Waals surface area contributed by atoms with Crippen molar-refractivity contribution in [2.75, 3.05) is 53.0 Å². The Morgan fingerprint density at radius 2 is 1.73 bits per heavy atom. The van der Waals surface area contributed by atoms with Crippen molar-refractivity contribution >= 4 is 11.8 Å². The van der Waals surface area contributed by atoms with Crippen LogP contribution in [0, 0.1) is 0 Å². The highest BCUT2D eigenvalue weighted by Gasteiger charge is 2.42. The summed E-state index contributed by atoms with van der Waals surface area (Å²) in [5, 5.41) is 0. The van der Waals surface area contributed by atoms with Gasteiger partial charge < -0.3 is 19.3 Å². The topological polar surface area (TPSA) is 62.3 Å². The number of carbonyl (C=O) groups excluding carboxylic acids is 2. The molecule has 2 heterocycles. The van der Waals surface area contributed by atoms with Gasteiger partial charge in [-0.25, -0.2) is 0 Å². The molecule has 7 heteroatoms. The van der Waals surface area contributed by atoms with Crippen molar-refractivity contribution in [1.82, 2.24) is 14.7 Å². The van der Waals surface area contributed by atoms with Crippen molar-refractivity contribution in [3.63, 3.8) is 0 Å². The number of morpholine rings is 2. The summed E-state index contributed by atoms with van der Waals surface area (Å²) in [6.07, 6.45) is 4.25. The van der Waals surface area contributed by atoms with Crippen LogP contribution in [0.1, 0.15) is 37.3 Å². The standard InChI is InChI=1S/C23H33N3O4/c1-24(17-20(27)25-11-14-29-15-12-25)23(28)22-21(18-7-3-2-4-8-18)26(13-16-30-22)19-9-5-6-10-19/h2-4,7-8,19,21-22H,5-6,9-17H2,1H3/t21-,22+/m0/s1. The molecule has 1 saturated carbocycles. The third-order valence-electron chi connectivity index (χ3n) is 6.58. The first-order valence-corrected chi connectivity index (χ1v) is 11.2. The van der Waals surface area contributed by atoms with Crippen LogP contribution in [0.25, 0.3) is 0 Å². The molecule has 0 bridgehead atoms. The molecule has 164 valence electrons. The van der Waals surface area contributed by atoms with E-state index in [0.29, 0.717) is 39.0 Å². The Labute approximate surface area is 178 Å². The Morgan fingerprint density at radius 3 is 2.43 bits per heavy atom. The van der Waals surface area contributed by atoms with Crippen LogP contribution in [-0.2, 0) is 19.1 Å². The smallest absolute Gasteiger partial charge is 0.253 e. The van der Waals surface area contributed by atoms with Crippen molar-refractivity contribution in [3.8, 4) is 0 Å². The van der Waals surface area contributed by atoms with Gasteiger partial charge >= 0.3 is 0 Å². The molecular weight excluding hydrogens is 382 g/mol. The minimum atomic E-state index is -0.593. The molecule has 30 heavy (non-hydrogen) atoms. The van der Waals surface area contributed by atoms with Crippen LogP contribution >= 0.6 is 0 Å². The Hall–Kier alpha value is -1.96. The van der Waals surface area contributed by atoms with Crippen LogP contribution in [0.2, 0.25) is 0 Å². The predicted octanol–water partition coefficient (Wildman–Crippen LogP) is 1.69. The third-order valence-corrected chi connectivity index (χ3v) is 6.58.